The molecule has 0 unspecified atom stereocenters. The van der Waals surface area contributed by atoms with Crippen molar-refractivity contribution >= 4 is 34.8 Å². The van der Waals surface area contributed by atoms with E-state index in [1.165, 1.54) is 16.7 Å². The Kier molecular flexibility index (Phi) is 6.44. The van der Waals surface area contributed by atoms with Gasteiger partial charge in [0.2, 0.25) is 0 Å². The monoisotopic (exact) mass is 467 g/mol. The fourth-order valence-corrected chi connectivity index (χ4v) is 3.66. The number of halogens is 2. The molecule has 2 heterocycles. The zero-order chi connectivity index (χ0) is 22.7. The number of aromatic nitrogens is 2. The van der Waals surface area contributed by atoms with Gasteiger partial charge in [-0.1, -0.05) is 65.7 Å². The number of rotatable bonds is 6. The Bertz CT molecular complexity index is 1350. The van der Waals surface area contributed by atoms with Crippen LogP contribution in [0.1, 0.15) is 27.2 Å². The first-order valence-corrected chi connectivity index (χ1v) is 10.6. The molecule has 0 atom stereocenters. The Morgan fingerprint density at radius 1 is 1.09 bits per heavy atom. The number of amides is 1. The van der Waals surface area contributed by atoms with Gasteiger partial charge in [-0.15, -0.1) is 0 Å². The van der Waals surface area contributed by atoms with E-state index < -0.39 is 0 Å². The third-order valence-corrected chi connectivity index (χ3v) is 5.77. The molecule has 0 spiro atoms. The fourth-order valence-electron chi connectivity index (χ4n) is 3.18. The molecule has 0 bridgehead atoms. The lowest BCUT2D eigenvalue weighted by Gasteiger charge is -2.13. The number of benzene rings is 2. The minimum atomic E-state index is -0.328. The molecule has 1 amide bonds. The quantitative estimate of drug-likeness (QED) is 0.441. The van der Waals surface area contributed by atoms with E-state index in [1.807, 2.05) is 30.3 Å². The first-order valence-electron chi connectivity index (χ1n) is 9.85. The van der Waals surface area contributed by atoms with E-state index in [-0.39, 0.29) is 18.1 Å². The molecule has 6 nitrogen and oxygen atoms in total. The Labute approximate surface area is 194 Å². The molecule has 8 heteroatoms. The summed E-state index contributed by atoms with van der Waals surface area (Å²) >= 11 is 12.5. The Hall–Kier alpha value is -3.35. The van der Waals surface area contributed by atoms with E-state index in [0.29, 0.717) is 44.8 Å². The number of nitrogens with zero attached hydrogens (tertiary/aromatic N) is 2. The number of nitrogens with one attached hydrogen (secondary N) is 1. The van der Waals surface area contributed by atoms with Crippen LogP contribution in [0.25, 0.3) is 5.65 Å². The van der Waals surface area contributed by atoms with Gasteiger partial charge in [-0.25, -0.2) is 4.98 Å². The van der Waals surface area contributed by atoms with Crippen molar-refractivity contribution in [1.29, 1.82) is 0 Å². The molecule has 0 radical (unpaired) electrons. The van der Waals surface area contributed by atoms with Crippen molar-refractivity contribution in [2.24, 2.45) is 0 Å². The van der Waals surface area contributed by atoms with E-state index in [4.69, 9.17) is 27.9 Å². The lowest BCUT2D eigenvalue weighted by molar-refractivity contribution is 0.0946. The summed E-state index contributed by atoms with van der Waals surface area (Å²) in [6, 6.07) is 17.9. The highest BCUT2D eigenvalue weighted by Gasteiger charge is 2.14. The third-order valence-electron chi connectivity index (χ3n) is 4.93. The van der Waals surface area contributed by atoms with Gasteiger partial charge in [-0.05, 0) is 30.2 Å². The van der Waals surface area contributed by atoms with Gasteiger partial charge in [0.1, 0.15) is 12.4 Å². The average molecular weight is 468 g/mol. The molecule has 0 aliphatic carbocycles. The van der Waals surface area contributed by atoms with Crippen molar-refractivity contribution in [1.82, 2.24) is 14.7 Å². The second-order valence-corrected chi connectivity index (χ2v) is 7.93. The number of ether oxygens (including phenoxy) is 1. The predicted molar refractivity (Wildman–Crippen MR) is 125 cm³/mol. The zero-order valence-corrected chi connectivity index (χ0v) is 18.7. The van der Waals surface area contributed by atoms with Gasteiger partial charge in [0, 0.05) is 18.8 Å². The number of para-hydroxylation sites is 1. The summed E-state index contributed by atoms with van der Waals surface area (Å²) in [5.41, 5.74) is 2.38. The largest absolute Gasteiger partial charge is 0.486 e. The lowest BCUT2D eigenvalue weighted by Crippen LogP contribution is -2.23. The second kappa shape index (κ2) is 9.42. The van der Waals surface area contributed by atoms with Gasteiger partial charge in [0.25, 0.3) is 11.5 Å². The highest BCUT2D eigenvalue weighted by molar-refractivity contribution is 6.37. The number of hydrogen-bond donors (Lipinski definition) is 1. The molecule has 1 N–H and O–H groups in total. The molecule has 4 rings (SSSR count). The highest BCUT2D eigenvalue weighted by atomic mass is 35.5. The van der Waals surface area contributed by atoms with Crippen LogP contribution in [-0.2, 0) is 13.2 Å². The smallest absolute Gasteiger partial charge is 0.258 e. The van der Waals surface area contributed by atoms with Crippen LogP contribution in [0.3, 0.4) is 0 Å². The van der Waals surface area contributed by atoms with Crippen LogP contribution in [0.2, 0.25) is 10.0 Å². The first-order chi connectivity index (χ1) is 15.4. The van der Waals surface area contributed by atoms with Crippen LogP contribution < -0.4 is 15.6 Å². The normalized spacial score (nSPS) is 10.8. The summed E-state index contributed by atoms with van der Waals surface area (Å²) in [6.07, 6.45) is 1.49. The van der Waals surface area contributed by atoms with Crippen LogP contribution in [0.15, 0.2) is 71.7 Å². The molecule has 162 valence electrons. The maximum Gasteiger partial charge on any atom is 0.258 e. The number of pyridine rings is 1. The maximum absolute atomic E-state index is 12.7. The standard InChI is InChI=1S/C24H19Cl2N3O3/c1-15-19(25)13-29-21(30)11-17(28-23(29)22(15)26)14-32-20-10-6-5-9-18(20)24(31)27-12-16-7-3-2-4-8-16/h2-11,13H,12,14H2,1H3,(H,27,31). The minimum Gasteiger partial charge on any atom is -0.486 e. The number of hydrogen-bond acceptors (Lipinski definition) is 4. The molecule has 32 heavy (non-hydrogen) atoms. The molecular formula is C24H19Cl2N3O3. The van der Waals surface area contributed by atoms with Crippen molar-refractivity contribution in [3.05, 3.63) is 110 Å². The molecule has 2 aromatic carbocycles. The number of fused-ring (bicyclic) bond motifs is 1. The molecule has 0 saturated heterocycles. The van der Waals surface area contributed by atoms with Gasteiger partial charge in [0.15, 0.2) is 5.65 Å². The van der Waals surface area contributed by atoms with Crippen LogP contribution in [0, 0.1) is 6.92 Å². The summed E-state index contributed by atoms with van der Waals surface area (Å²) in [5.74, 6) is 0.128. The summed E-state index contributed by atoms with van der Waals surface area (Å²) in [4.78, 5) is 29.7. The molecule has 0 fully saturated rings. The van der Waals surface area contributed by atoms with Gasteiger partial charge in [-0.3, -0.25) is 14.0 Å². The minimum absolute atomic E-state index is 0.00722. The van der Waals surface area contributed by atoms with E-state index >= 15 is 0 Å². The summed E-state index contributed by atoms with van der Waals surface area (Å²) in [5, 5.41) is 3.57. The molecule has 0 saturated carbocycles. The van der Waals surface area contributed by atoms with E-state index in [2.05, 4.69) is 10.3 Å². The summed E-state index contributed by atoms with van der Waals surface area (Å²) < 4.78 is 7.15. The van der Waals surface area contributed by atoms with Crippen molar-refractivity contribution < 1.29 is 9.53 Å². The molecule has 4 aromatic rings. The summed E-state index contributed by atoms with van der Waals surface area (Å²) in [6.45, 7) is 2.15. The predicted octanol–water partition coefficient (Wildman–Crippen LogP) is 4.82. The molecule has 2 aromatic heterocycles. The van der Waals surface area contributed by atoms with Crippen LogP contribution in [0.5, 0.6) is 5.75 Å². The van der Waals surface area contributed by atoms with Crippen LogP contribution >= 0.6 is 23.2 Å². The maximum atomic E-state index is 12.7. The van der Waals surface area contributed by atoms with Crippen LogP contribution in [0.4, 0.5) is 0 Å². The highest BCUT2D eigenvalue weighted by Crippen LogP contribution is 2.26. The van der Waals surface area contributed by atoms with Gasteiger partial charge >= 0.3 is 0 Å². The molecular weight excluding hydrogens is 449 g/mol. The molecule has 0 aliphatic heterocycles. The van der Waals surface area contributed by atoms with Crippen molar-refractivity contribution in [2.45, 2.75) is 20.1 Å². The molecule has 0 aliphatic rings. The van der Waals surface area contributed by atoms with E-state index in [1.54, 1.807) is 31.2 Å². The second-order valence-electron chi connectivity index (χ2n) is 7.15. The van der Waals surface area contributed by atoms with E-state index in [0.717, 1.165) is 5.56 Å². The fraction of sp³-hybridized carbons (Fsp3) is 0.125. The van der Waals surface area contributed by atoms with E-state index in [9.17, 15) is 9.59 Å². The Morgan fingerprint density at radius 3 is 2.59 bits per heavy atom. The first kappa shape index (κ1) is 21.9. The van der Waals surface area contributed by atoms with Gasteiger partial charge in [-0.2, -0.15) is 0 Å². The van der Waals surface area contributed by atoms with Crippen LogP contribution in [-0.4, -0.2) is 15.3 Å². The van der Waals surface area contributed by atoms with Crippen molar-refractivity contribution in [3.8, 4) is 5.75 Å². The van der Waals surface area contributed by atoms with Gasteiger partial charge in [0.05, 0.1) is 21.3 Å². The number of carbonyl (C=O) groups is 1. The van der Waals surface area contributed by atoms with Crippen molar-refractivity contribution in [2.75, 3.05) is 0 Å². The topological polar surface area (TPSA) is 72.7 Å². The average Bonchev–Trinajstić information content (AvgIpc) is 2.81. The lowest BCUT2D eigenvalue weighted by atomic mass is 10.1. The Morgan fingerprint density at radius 2 is 1.81 bits per heavy atom. The summed E-state index contributed by atoms with van der Waals surface area (Å²) in [7, 11) is 0. The third kappa shape index (κ3) is 4.61. The SMILES string of the molecule is Cc1c(Cl)cn2c(=O)cc(COc3ccccc3C(=O)NCc3ccccc3)nc2c1Cl. The zero-order valence-electron chi connectivity index (χ0n) is 17.1. The van der Waals surface area contributed by atoms with Crippen molar-refractivity contribution in [3.63, 3.8) is 0 Å². The Balaban J connectivity index is 1.54. The number of carbonyl (C=O) groups excluding carboxylic acids is 1. The van der Waals surface area contributed by atoms with Gasteiger partial charge < -0.3 is 10.1 Å².